The fourth-order valence-corrected chi connectivity index (χ4v) is 2.41. The molecule has 24 heavy (non-hydrogen) atoms. The summed E-state index contributed by atoms with van der Waals surface area (Å²) in [5.74, 6) is -2.07. The van der Waals surface area contributed by atoms with E-state index in [4.69, 9.17) is 14.9 Å². The first-order valence-corrected chi connectivity index (χ1v) is 8.04. The van der Waals surface area contributed by atoms with E-state index < -0.39 is 30.4 Å². The molecule has 0 bridgehead atoms. The van der Waals surface area contributed by atoms with Crippen LogP contribution in [0.25, 0.3) is 0 Å². The third-order valence-electron chi connectivity index (χ3n) is 3.76. The van der Waals surface area contributed by atoms with E-state index >= 15 is 0 Å². The molecule has 0 radical (unpaired) electrons. The van der Waals surface area contributed by atoms with Gasteiger partial charge in [0.1, 0.15) is 6.10 Å². The van der Waals surface area contributed by atoms with Gasteiger partial charge in [0.2, 0.25) is 0 Å². The molecule has 0 fully saturated rings. The normalized spacial score (nSPS) is 21.0. The number of rotatable bonds is 8. The van der Waals surface area contributed by atoms with Crippen molar-refractivity contribution in [1.29, 1.82) is 5.41 Å². The first-order chi connectivity index (χ1) is 11.3. The molecule has 0 aromatic heterocycles. The molecule has 1 aliphatic carbocycles. The van der Waals surface area contributed by atoms with Crippen LogP contribution in [0.3, 0.4) is 0 Å². The predicted octanol–water partition coefficient (Wildman–Crippen LogP) is 2.22. The Balaban J connectivity index is 3.00. The van der Waals surface area contributed by atoms with Gasteiger partial charge in [-0.05, 0) is 25.8 Å². The van der Waals surface area contributed by atoms with Crippen molar-refractivity contribution in [3.05, 3.63) is 11.6 Å². The molecule has 136 valence electrons. The topological polar surface area (TPSA) is 88.5 Å². The molecule has 2 N–H and O–H groups in total. The third-order valence-corrected chi connectivity index (χ3v) is 3.76. The predicted molar refractivity (Wildman–Crippen MR) is 84.2 cm³/mol. The van der Waals surface area contributed by atoms with E-state index in [0.717, 1.165) is 0 Å². The van der Waals surface area contributed by atoms with Crippen LogP contribution in [-0.4, -0.2) is 48.9 Å². The first kappa shape index (κ1) is 20.2. The fourth-order valence-electron chi connectivity index (χ4n) is 2.41. The van der Waals surface area contributed by atoms with Gasteiger partial charge in [0.25, 0.3) is 5.91 Å². The van der Waals surface area contributed by atoms with E-state index in [2.05, 4.69) is 5.32 Å². The first-order valence-electron chi connectivity index (χ1n) is 8.04. The highest BCUT2D eigenvalue weighted by Crippen LogP contribution is 2.22. The Kier molecular flexibility index (Phi) is 7.97. The van der Waals surface area contributed by atoms with Crippen LogP contribution in [0.5, 0.6) is 0 Å². The van der Waals surface area contributed by atoms with Crippen LogP contribution in [0.15, 0.2) is 11.6 Å². The highest BCUT2D eigenvalue weighted by atomic mass is 19.3. The highest BCUT2D eigenvalue weighted by Gasteiger charge is 2.34. The van der Waals surface area contributed by atoms with Crippen LogP contribution in [0.1, 0.15) is 40.0 Å². The van der Waals surface area contributed by atoms with Crippen LogP contribution < -0.4 is 5.32 Å². The molecule has 1 amide bonds. The van der Waals surface area contributed by atoms with Crippen molar-refractivity contribution < 1.29 is 27.8 Å². The van der Waals surface area contributed by atoms with Crippen LogP contribution in [0, 0.1) is 5.41 Å². The highest BCUT2D eigenvalue weighted by molar-refractivity contribution is 6.01. The van der Waals surface area contributed by atoms with Crippen molar-refractivity contribution >= 4 is 17.6 Å². The molecule has 0 aromatic rings. The fraction of sp³-hybridized carbons (Fsp3) is 0.688. The zero-order valence-electron chi connectivity index (χ0n) is 14.1. The largest absolute Gasteiger partial charge is 0.463 e. The summed E-state index contributed by atoms with van der Waals surface area (Å²) in [6.45, 7) is 5.66. The Bertz CT molecular complexity index is 504. The van der Waals surface area contributed by atoms with E-state index in [-0.39, 0.29) is 30.4 Å². The van der Waals surface area contributed by atoms with E-state index in [0.29, 0.717) is 12.8 Å². The van der Waals surface area contributed by atoms with Gasteiger partial charge in [-0.15, -0.1) is 0 Å². The van der Waals surface area contributed by atoms with E-state index in [1.807, 2.05) is 13.8 Å². The molecular weight excluding hydrogens is 322 g/mol. The molecule has 6 nitrogen and oxygen atoms in total. The molecule has 0 heterocycles. The molecule has 0 aliphatic heterocycles. The monoisotopic (exact) mass is 346 g/mol. The van der Waals surface area contributed by atoms with Crippen molar-refractivity contribution in [2.75, 3.05) is 6.61 Å². The van der Waals surface area contributed by atoms with E-state index in [1.165, 1.54) is 6.08 Å². The van der Waals surface area contributed by atoms with Crippen LogP contribution in [0.4, 0.5) is 8.78 Å². The van der Waals surface area contributed by atoms with E-state index in [9.17, 15) is 18.4 Å². The van der Waals surface area contributed by atoms with Gasteiger partial charge >= 0.3 is 12.4 Å². The Morgan fingerprint density at radius 2 is 1.96 bits per heavy atom. The summed E-state index contributed by atoms with van der Waals surface area (Å²) in [5, 5.41) is 10.2. The molecule has 0 saturated carbocycles. The van der Waals surface area contributed by atoms with Crippen molar-refractivity contribution in [2.24, 2.45) is 0 Å². The summed E-state index contributed by atoms with van der Waals surface area (Å²) >= 11 is 0. The summed E-state index contributed by atoms with van der Waals surface area (Å²) in [5.41, 5.74) is 0.160. The van der Waals surface area contributed by atoms with Crippen LogP contribution in [-0.2, 0) is 19.1 Å². The van der Waals surface area contributed by atoms with Gasteiger partial charge in [0.15, 0.2) is 0 Å². The van der Waals surface area contributed by atoms with Gasteiger partial charge < -0.3 is 20.2 Å². The second kappa shape index (κ2) is 9.46. The lowest BCUT2D eigenvalue weighted by molar-refractivity contribution is -0.139. The summed E-state index contributed by atoms with van der Waals surface area (Å²) < 4.78 is 35.7. The zero-order valence-corrected chi connectivity index (χ0v) is 14.1. The molecule has 8 heteroatoms. The minimum atomic E-state index is -3.19. The average molecular weight is 346 g/mol. The SMILES string of the molecule is CCOC(=O)C1=C[C@@H](OC(CC)CC)C(=N)[C@@H](NC(=O)C(F)F)C1. The average Bonchev–Trinajstić information content (AvgIpc) is 2.55. The summed E-state index contributed by atoms with van der Waals surface area (Å²) in [6, 6.07) is -1.02. The molecule has 0 aromatic carbocycles. The maximum absolute atomic E-state index is 12.5. The van der Waals surface area contributed by atoms with Crippen molar-refractivity contribution in [2.45, 2.75) is 64.7 Å². The molecule has 1 aliphatic rings. The van der Waals surface area contributed by atoms with Gasteiger partial charge in [-0.1, -0.05) is 13.8 Å². The zero-order chi connectivity index (χ0) is 18.3. The summed E-state index contributed by atoms with van der Waals surface area (Å²) in [7, 11) is 0. The number of carbonyl (C=O) groups excluding carboxylic acids is 2. The Morgan fingerprint density at radius 3 is 2.46 bits per heavy atom. The number of ether oxygens (including phenoxy) is 2. The molecule has 0 spiro atoms. The second-order valence-corrected chi connectivity index (χ2v) is 5.43. The van der Waals surface area contributed by atoms with Crippen molar-refractivity contribution in [3.63, 3.8) is 0 Å². The van der Waals surface area contributed by atoms with Gasteiger partial charge in [-0.25, -0.2) is 4.79 Å². The lowest BCUT2D eigenvalue weighted by Crippen LogP contribution is -2.50. The number of nitrogens with one attached hydrogen (secondary N) is 2. The Hall–Kier alpha value is -1.83. The Labute approximate surface area is 140 Å². The molecule has 2 atom stereocenters. The Morgan fingerprint density at radius 1 is 1.33 bits per heavy atom. The molecule has 1 rings (SSSR count). The number of carbonyl (C=O) groups is 2. The number of hydrogen-bond donors (Lipinski definition) is 2. The number of amides is 1. The lowest BCUT2D eigenvalue weighted by atomic mass is 9.90. The summed E-state index contributed by atoms with van der Waals surface area (Å²) in [6.07, 6.45) is -1.37. The quantitative estimate of drug-likeness (QED) is 0.660. The molecular formula is C16H24F2N2O4. The number of hydrogen-bond acceptors (Lipinski definition) is 5. The second-order valence-electron chi connectivity index (χ2n) is 5.43. The third kappa shape index (κ3) is 5.36. The number of alkyl halides is 2. The van der Waals surface area contributed by atoms with Crippen LogP contribution >= 0.6 is 0 Å². The van der Waals surface area contributed by atoms with Crippen LogP contribution in [0.2, 0.25) is 0 Å². The molecule has 0 unspecified atom stereocenters. The van der Waals surface area contributed by atoms with Crippen molar-refractivity contribution in [3.8, 4) is 0 Å². The minimum Gasteiger partial charge on any atom is -0.463 e. The van der Waals surface area contributed by atoms with Gasteiger partial charge in [0, 0.05) is 12.0 Å². The van der Waals surface area contributed by atoms with Gasteiger partial charge in [-0.2, -0.15) is 8.78 Å². The maximum atomic E-state index is 12.5. The van der Waals surface area contributed by atoms with Gasteiger partial charge in [-0.3, -0.25) is 4.79 Å². The molecule has 0 saturated heterocycles. The number of esters is 1. The minimum absolute atomic E-state index is 0.0519. The maximum Gasteiger partial charge on any atom is 0.333 e. The van der Waals surface area contributed by atoms with Gasteiger partial charge in [0.05, 0.1) is 24.5 Å². The smallest absolute Gasteiger partial charge is 0.333 e. The lowest BCUT2D eigenvalue weighted by Gasteiger charge is -2.31. The van der Waals surface area contributed by atoms with E-state index in [1.54, 1.807) is 6.92 Å². The van der Waals surface area contributed by atoms with Crippen molar-refractivity contribution in [1.82, 2.24) is 5.32 Å². The number of halogens is 2. The standard InChI is InChI=1S/C16H24F2N2O4/c1-4-10(5-2)24-12-8-9(16(22)23-6-3)7-11(13(12)19)20-15(21)14(17)18/h8,10-12,14,19H,4-7H2,1-3H3,(H,20,21)/t11-,12+/m0/s1. The summed E-state index contributed by atoms with van der Waals surface area (Å²) in [4.78, 5) is 23.2.